The maximum absolute atomic E-state index is 11.1. The second kappa shape index (κ2) is 4.60. The van der Waals surface area contributed by atoms with Crippen molar-refractivity contribution in [3.8, 4) is 0 Å². The van der Waals surface area contributed by atoms with E-state index in [1.807, 2.05) is 37.3 Å². The van der Waals surface area contributed by atoms with E-state index >= 15 is 0 Å². The quantitative estimate of drug-likeness (QED) is 0.614. The molecule has 3 heteroatoms. The average Bonchev–Trinajstić information content (AvgIpc) is 2.18. The lowest BCUT2D eigenvalue weighted by Crippen LogP contribution is -2.19. The molecule has 1 unspecified atom stereocenters. The van der Waals surface area contributed by atoms with E-state index in [1.165, 1.54) is 7.11 Å². The van der Waals surface area contributed by atoms with Crippen LogP contribution < -0.4 is 0 Å². The summed E-state index contributed by atoms with van der Waals surface area (Å²) in [6.07, 6.45) is 0.327. The number of esters is 1. The van der Waals surface area contributed by atoms with Gasteiger partial charge in [0.15, 0.2) is 0 Å². The van der Waals surface area contributed by atoms with Gasteiger partial charge in [-0.1, -0.05) is 46.3 Å². The van der Waals surface area contributed by atoms with Crippen molar-refractivity contribution in [2.75, 3.05) is 7.11 Å². The van der Waals surface area contributed by atoms with Gasteiger partial charge in [0.1, 0.15) is 0 Å². The number of halogens is 1. The van der Waals surface area contributed by atoms with Crippen LogP contribution in [-0.4, -0.2) is 13.1 Å². The van der Waals surface area contributed by atoms with E-state index in [-0.39, 0.29) is 10.3 Å². The third kappa shape index (κ3) is 2.84. The first-order valence-electron chi connectivity index (χ1n) is 4.37. The molecule has 1 rings (SSSR count). The molecule has 0 aromatic heterocycles. The van der Waals surface area contributed by atoms with Gasteiger partial charge in [0, 0.05) is 0 Å². The molecule has 0 aliphatic rings. The Morgan fingerprint density at radius 2 is 2.00 bits per heavy atom. The van der Waals surface area contributed by atoms with Gasteiger partial charge in [0.2, 0.25) is 0 Å². The summed E-state index contributed by atoms with van der Waals surface area (Å²) in [6, 6.07) is 9.82. The van der Waals surface area contributed by atoms with Crippen molar-refractivity contribution in [3.05, 3.63) is 35.9 Å². The lowest BCUT2D eigenvalue weighted by Gasteiger charge is -2.21. The topological polar surface area (TPSA) is 26.3 Å². The van der Waals surface area contributed by atoms with Crippen LogP contribution in [0.4, 0.5) is 0 Å². The van der Waals surface area contributed by atoms with Crippen LogP contribution in [0, 0.1) is 0 Å². The largest absolute Gasteiger partial charge is 0.469 e. The summed E-state index contributed by atoms with van der Waals surface area (Å²) in [4.78, 5) is 11.1. The molecule has 76 valence electrons. The highest BCUT2D eigenvalue weighted by Gasteiger charge is 2.26. The molecule has 0 N–H and O–H groups in total. The summed E-state index contributed by atoms with van der Waals surface area (Å²) in [5.74, 6) is -0.215. The normalized spacial score (nSPS) is 14.5. The first-order valence-corrected chi connectivity index (χ1v) is 5.17. The fraction of sp³-hybridized carbons (Fsp3) is 0.364. The van der Waals surface area contributed by atoms with E-state index in [9.17, 15) is 4.79 Å². The number of ether oxygens (including phenoxy) is 1. The molecule has 2 nitrogen and oxygen atoms in total. The number of carbonyl (C=O) groups excluding carboxylic acids is 1. The minimum absolute atomic E-state index is 0.215. The molecule has 0 saturated heterocycles. The van der Waals surface area contributed by atoms with Crippen LogP contribution in [-0.2, 0) is 13.9 Å². The van der Waals surface area contributed by atoms with Gasteiger partial charge in [-0.3, -0.25) is 4.79 Å². The summed E-state index contributed by atoms with van der Waals surface area (Å²) in [7, 11) is 1.40. The molecule has 0 heterocycles. The summed E-state index contributed by atoms with van der Waals surface area (Å²) >= 11 is 3.53. The van der Waals surface area contributed by atoms with E-state index in [2.05, 4.69) is 20.7 Å². The summed E-state index contributed by atoms with van der Waals surface area (Å²) in [6.45, 7) is 1.96. The Bertz CT molecular complexity index is 306. The highest BCUT2D eigenvalue weighted by molar-refractivity contribution is 9.09. The molecule has 1 aromatic rings. The lowest BCUT2D eigenvalue weighted by molar-refractivity contribution is -0.141. The van der Waals surface area contributed by atoms with Gasteiger partial charge in [-0.15, -0.1) is 0 Å². The maximum atomic E-state index is 11.1. The zero-order valence-corrected chi connectivity index (χ0v) is 9.87. The maximum Gasteiger partial charge on any atom is 0.307 e. The fourth-order valence-electron chi connectivity index (χ4n) is 1.23. The summed E-state index contributed by atoms with van der Waals surface area (Å²) in [5, 5.41) is 0. The lowest BCUT2D eigenvalue weighted by atomic mass is 9.98. The second-order valence-electron chi connectivity index (χ2n) is 3.32. The van der Waals surface area contributed by atoms with Crippen molar-refractivity contribution in [1.29, 1.82) is 0 Å². The third-order valence-corrected chi connectivity index (χ3v) is 2.82. The first-order chi connectivity index (χ1) is 6.56. The van der Waals surface area contributed by atoms with Crippen molar-refractivity contribution in [1.82, 2.24) is 0 Å². The standard InChI is InChI=1S/C11H13BrO2/c1-11(12,8-10(13)14-2)9-6-4-3-5-7-9/h3-7H,8H2,1-2H3. The minimum Gasteiger partial charge on any atom is -0.469 e. The van der Waals surface area contributed by atoms with Gasteiger partial charge >= 0.3 is 5.97 Å². The number of hydrogen-bond donors (Lipinski definition) is 0. The Balaban J connectivity index is 2.80. The van der Waals surface area contributed by atoms with E-state index < -0.39 is 0 Å². The van der Waals surface area contributed by atoms with Crippen molar-refractivity contribution >= 4 is 21.9 Å². The molecular formula is C11H13BrO2. The van der Waals surface area contributed by atoms with Crippen LogP contribution in [0.1, 0.15) is 18.9 Å². The number of benzene rings is 1. The highest BCUT2D eigenvalue weighted by atomic mass is 79.9. The van der Waals surface area contributed by atoms with Gasteiger partial charge in [-0.2, -0.15) is 0 Å². The van der Waals surface area contributed by atoms with Crippen molar-refractivity contribution in [2.24, 2.45) is 0 Å². The zero-order valence-electron chi connectivity index (χ0n) is 8.29. The first kappa shape index (κ1) is 11.2. The van der Waals surface area contributed by atoms with E-state index in [0.717, 1.165) is 5.56 Å². The van der Waals surface area contributed by atoms with E-state index in [4.69, 9.17) is 0 Å². The Kier molecular flexibility index (Phi) is 3.69. The Morgan fingerprint density at radius 3 is 2.50 bits per heavy atom. The molecule has 0 radical (unpaired) electrons. The predicted octanol–water partition coefficient (Wildman–Crippen LogP) is 2.86. The van der Waals surface area contributed by atoms with Crippen LogP contribution >= 0.6 is 15.9 Å². The molecule has 0 spiro atoms. The zero-order chi connectivity index (χ0) is 10.6. The SMILES string of the molecule is COC(=O)CC(C)(Br)c1ccccc1. The van der Waals surface area contributed by atoms with Crippen LogP contribution in [0.15, 0.2) is 30.3 Å². The number of alkyl halides is 1. The van der Waals surface area contributed by atoms with Gasteiger partial charge < -0.3 is 4.74 Å². The van der Waals surface area contributed by atoms with Gasteiger partial charge in [-0.25, -0.2) is 0 Å². The molecule has 0 amide bonds. The Labute approximate surface area is 92.4 Å². The van der Waals surface area contributed by atoms with Crippen LogP contribution in [0.25, 0.3) is 0 Å². The molecule has 0 aliphatic heterocycles. The monoisotopic (exact) mass is 256 g/mol. The minimum atomic E-state index is -0.346. The van der Waals surface area contributed by atoms with Gasteiger partial charge in [0.25, 0.3) is 0 Å². The molecule has 0 saturated carbocycles. The molecule has 1 atom stereocenters. The molecular weight excluding hydrogens is 244 g/mol. The third-order valence-electron chi connectivity index (χ3n) is 2.08. The number of methoxy groups -OCH3 is 1. The smallest absolute Gasteiger partial charge is 0.307 e. The fourth-order valence-corrected chi connectivity index (χ4v) is 1.72. The van der Waals surface area contributed by atoms with Crippen LogP contribution in [0.2, 0.25) is 0 Å². The predicted molar refractivity (Wildman–Crippen MR) is 59.4 cm³/mol. The number of carbonyl (C=O) groups is 1. The number of rotatable bonds is 3. The summed E-state index contributed by atoms with van der Waals surface area (Å²) in [5.41, 5.74) is 1.07. The Morgan fingerprint density at radius 1 is 1.43 bits per heavy atom. The second-order valence-corrected chi connectivity index (χ2v) is 5.07. The van der Waals surface area contributed by atoms with Gasteiger partial charge in [-0.05, 0) is 12.5 Å². The van der Waals surface area contributed by atoms with Crippen LogP contribution in [0.3, 0.4) is 0 Å². The average molecular weight is 257 g/mol. The molecule has 14 heavy (non-hydrogen) atoms. The summed E-state index contributed by atoms with van der Waals surface area (Å²) < 4.78 is 4.29. The van der Waals surface area contributed by atoms with Crippen molar-refractivity contribution in [2.45, 2.75) is 17.7 Å². The van der Waals surface area contributed by atoms with E-state index in [1.54, 1.807) is 0 Å². The van der Waals surface area contributed by atoms with Crippen molar-refractivity contribution < 1.29 is 9.53 Å². The Hall–Kier alpha value is -0.830. The highest BCUT2D eigenvalue weighted by Crippen LogP contribution is 2.34. The molecule has 1 aromatic carbocycles. The molecule has 0 aliphatic carbocycles. The molecule has 0 fully saturated rings. The number of hydrogen-bond acceptors (Lipinski definition) is 2. The van der Waals surface area contributed by atoms with E-state index in [0.29, 0.717) is 6.42 Å². The molecule has 0 bridgehead atoms. The van der Waals surface area contributed by atoms with Crippen molar-refractivity contribution in [3.63, 3.8) is 0 Å². The van der Waals surface area contributed by atoms with Crippen LogP contribution in [0.5, 0.6) is 0 Å². The van der Waals surface area contributed by atoms with Gasteiger partial charge in [0.05, 0.1) is 17.9 Å².